The third-order valence-electron chi connectivity index (χ3n) is 7.44. The molecule has 0 saturated heterocycles. The van der Waals surface area contributed by atoms with Crippen LogP contribution in [0.4, 0.5) is 0 Å². The van der Waals surface area contributed by atoms with Crippen LogP contribution < -0.4 is 0 Å². The molecule has 160 valence electrons. The lowest BCUT2D eigenvalue weighted by atomic mass is 9.77. The Hall–Kier alpha value is -0.780. The fourth-order valence-corrected chi connectivity index (χ4v) is 5.38. The number of unbranched alkanes of at least 4 members (excludes halogenated alkanes) is 2. The second-order valence-corrected chi connectivity index (χ2v) is 9.56. The first-order valence-electron chi connectivity index (χ1n) is 12.8. The van der Waals surface area contributed by atoms with Crippen molar-refractivity contribution in [3.63, 3.8) is 0 Å². The smallest absolute Gasteiger partial charge is 0.0159 e. The SMILES string of the molecule is CCCCC(CC)Cc1cccc(C2CCCCC2)c1CC(CC)CCCC. The van der Waals surface area contributed by atoms with Crippen LogP contribution in [-0.4, -0.2) is 0 Å². The Kier molecular flexibility index (Phi) is 11.3. The first kappa shape index (κ1) is 23.5. The minimum Gasteiger partial charge on any atom is -0.0654 e. The molecule has 0 amide bonds. The van der Waals surface area contributed by atoms with Crippen molar-refractivity contribution in [3.8, 4) is 0 Å². The second kappa shape index (κ2) is 13.4. The largest absolute Gasteiger partial charge is 0.0654 e. The van der Waals surface area contributed by atoms with Gasteiger partial charge in [-0.1, -0.05) is 117 Å². The summed E-state index contributed by atoms with van der Waals surface area (Å²) in [4.78, 5) is 0. The molecule has 1 aromatic carbocycles. The normalized spacial score (nSPS) is 17.6. The van der Waals surface area contributed by atoms with Crippen LogP contribution >= 0.6 is 0 Å². The predicted molar refractivity (Wildman–Crippen MR) is 126 cm³/mol. The molecule has 0 spiro atoms. The van der Waals surface area contributed by atoms with Crippen LogP contribution in [0, 0.1) is 11.8 Å². The fraction of sp³-hybridized carbons (Fsp3) is 0.786. The van der Waals surface area contributed by atoms with E-state index in [1.807, 2.05) is 0 Å². The van der Waals surface area contributed by atoms with Gasteiger partial charge in [-0.15, -0.1) is 0 Å². The van der Waals surface area contributed by atoms with Crippen LogP contribution in [0.1, 0.15) is 134 Å². The van der Waals surface area contributed by atoms with E-state index in [2.05, 4.69) is 45.9 Å². The fourth-order valence-electron chi connectivity index (χ4n) is 5.38. The summed E-state index contributed by atoms with van der Waals surface area (Å²) >= 11 is 0. The van der Waals surface area contributed by atoms with Crippen LogP contribution in [-0.2, 0) is 12.8 Å². The molecule has 0 heterocycles. The van der Waals surface area contributed by atoms with Gasteiger partial charge < -0.3 is 0 Å². The van der Waals surface area contributed by atoms with Gasteiger partial charge in [0.05, 0.1) is 0 Å². The van der Waals surface area contributed by atoms with Crippen molar-refractivity contribution >= 4 is 0 Å². The first-order chi connectivity index (χ1) is 13.7. The number of hydrogen-bond acceptors (Lipinski definition) is 0. The molecule has 0 heteroatoms. The van der Waals surface area contributed by atoms with Crippen molar-refractivity contribution in [1.82, 2.24) is 0 Å². The van der Waals surface area contributed by atoms with Gasteiger partial charge in [0.15, 0.2) is 0 Å². The lowest BCUT2D eigenvalue weighted by Gasteiger charge is -2.28. The van der Waals surface area contributed by atoms with E-state index >= 15 is 0 Å². The molecule has 2 atom stereocenters. The summed E-state index contributed by atoms with van der Waals surface area (Å²) in [6.07, 6.45) is 20.8. The summed E-state index contributed by atoms with van der Waals surface area (Å²) in [5.41, 5.74) is 5.24. The lowest BCUT2D eigenvalue weighted by molar-refractivity contribution is 0.419. The molecule has 28 heavy (non-hydrogen) atoms. The number of benzene rings is 1. The molecule has 0 bridgehead atoms. The van der Waals surface area contributed by atoms with E-state index in [-0.39, 0.29) is 0 Å². The molecule has 0 aromatic heterocycles. The Balaban J connectivity index is 2.28. The maximum atomic E-state index is 2.51. The molecule has 0 radical (unpaired) electrons. The summed E-state index contributed by atoms with van der Waals surface area (Å²) in [6.45, 7) is 9.50. The van der Waals surface area contributed by atoms with Gasteiger partial charge in [-0.25, -0.2) is 0 Å². The zero-order valence-corrected chi connectivity index (χ0v) is 19.6. The summed E-state index contributed by atoms with van der Waals surface area (Å²) in [5.74, 6) is 2.58. The molecular weight excluding hydrogens is 336 g/mol. The van der Waals surface area contributed by atoms with E-state index in [1.165, 1.54) is 96.3 Å². The highest BCUT2D eigenvalue weighted by Crippen LogP contribution is 2.38. The van der Waals surface area contributed by atoms with E-state index in [4.69, 9.17) is 0 Å². The first-order valence-corrected chi connectivity index (χ1v) is 12.8. The van der Waals surface area contributed by atoms with Gasteiger partial charge in [-0.05, 0) is 60.1 Å². The van der Waals surface area contributed by atoms with Gasteiger partial charge in [-0.3, -0.25) is 0 Å². The topological polar surface area (TPSA) is 0 Å². The molecule has 1 aliphatic rings. The zero-order valence-electron chi connectivity index (χ0n) is 19.6. The van der Waals surface area contributed by atoms with Crippen molar-refractivity contribution in [2.45, 2.75) is 130 Å². The Morgan fingerprint density at radius 3 is 1.96 bits per heavy atom. The molecule has 2 rings (SSSR count). The van der Waals surface area contributed by atoms with Crippen molar-refractivity contribution in [2.75, 3.05) is 0 Å². The summed E-state index contributed by atoms with van der Waals surface area (Å²) in [6, 6.07) is 7.39. The molecule has 1 fully saturated rings. The standard InChI is InChI=1S/C28H48/c1-5-9-15-23(7-3)21-26-19-14-20-27(25-17-12-11-13-18-25)28(26)22-24(8-4)16-10-6-2/h14,19-20,23-25H,5-13,15-18,21-22H2,1-4H3. The van der Waals surface area contributed by atoms with Crippen molar-refractivity contribution < 1.29 is 0 Å². The molecule has 0 nitrogen and oxygen atoms in total. The van der Waals surface area contributed by atoms with Crippen LogP contribution in [0.3, 0.4) is 0 Å². The van der Waals surface area contributed by atoms with Crippen molar-refractivity contribution in [2.24, 2.45) is 11.8 Å². The molecule has 1 aromatic rings. The number of rotatable bonds is 13. The van der Waals surface area contributed by atoms with Crippen LogP contribution in [0.15, 0.2) is 18.2 Å². The molecule has 0 aliphatic heterocycles. The van der Waals surface area contributed by atoms with Gasteiger partial charge in [-0.2, -0.15) is 0 Å². The van der Waals surface area contributed by atoms with E-state index in [1.54, 1.807) is 16.7 Å². The molecule has 1 saturated carbocycles. The second-order valence-electron chi connectivity index (χ2n) is 9.56. The van der Waals surface area contributed by atoms with Crippen LogP contribution in [0.5, 0.6) is 0 Å². The highest BCUT2D eigenvalue weighted by molar-refractivity contribution is 5.38. The van der Waals surface area contributed by atoms with Gasteiger partial charge in [0.2, 0.25) is 0 Å². The summed E-state index contributed by atoms with van der Waals surface area (Å²) in [5, 5.41) is 0. The Labute approximate surface area is 176 Å². The minimum absolute atomic E-state index is 0.836. The average Bonchev–Trinajstić information content (AvgIpc) is 2.75. The minimum atomic E-state index is 0.836. The monoisotopic (exact) mass is 384 g/mol. The average molecular weight is 385 g/mol. The van der Waals surface area contributed by atoms with Gasteiger partial charge in [0.1, 0.15) is 0 Å². The molecule has 1 aliphatic carbocycles. The third kappa shape index (κ3) is 7.23. The van der Waals surface area contributed by atoms with Gasteiger partial charge >= 0.3 is 0 Å². The predicted octanol–water partition coefficient (Wildman–Crippen LogP) is 9.25. The van der Waals surface area contributed by atoms with Crippen LogP contribution in [0.2, 0.25) is 0 Å². The molecular formula is C28H48. The van der Waals surface area contributed by atoms with E-state index < -0.39 is 0 Å². The summed E-state index contributed by atoms with van der Waals surface area (Å²) in [7, 11) is 0. The van der Waals surface area contributed by atoms with Crippen molar-refractivity contribution in [1.29, 1.82) is 0 Å². The highest BCUT2D eigenvalue weighted by atomic mass is 14.3. The zero-order chi connectivity index (χ0) is 20.2. The van der Waals surface area contributed by atoms with Crippen LogP contribution in [0.25, 0.3) is 0 Å². The van der Waals surface area contributed by atoms with E-state index in [0.717, 1.165) is 17.8 Å². The Bertz CT molecular complexity index is 523. The number of hydrogen-bond donors (Lipinski definition) is 0. The molecule has 0 N–H and O–H groups in total. The van der Waals surface area contributed by atoms with E-state index in [9.17, 15) is 0 Å². The third-order valence-corrected chi connectivity index (χ3v) is 7.44. The Morgan fingerprint density at radius 2 is 1.39 bits per heavy atom. The molecule has 2 unspecified atom stereocenters. The maximum absolute atomic E-state index is 2.51. The van der Waals surface area contributed by atoms with Gasteiger partial charge in [0, 0.05) is 0 Å². The Morgan fingerprint density at radius 1 is 0.786 bits per heavy atom. The van der Waals surface area contributed by atoms with Crippen molar-refractivity contribution in [3.05, 3.63) is 34.9 Å². The lowest BCUT2D eigenvalue weighted by Crippen LogP contribution is -2.15. The highest BCUT2D eigenvalue weighted by Gasteiger charge is 2.22. The van der Waals surface area contributed by atoms with Gasteiger partial charge in [0.25, 0.3) is 0 Å². The maximum Gasteiger partial charge on any atom is -0.0159 e. The summed E-state index contributed by atoms with van der Waals surface area (Å²) < 4.78 is 0. The quantitative estimate of drug-likeness (QED) is 0.318. The van der Waals surface area contributed by atoms with E-state index in [0.29, 0.717) is 0 Å².